The van der Waals surface area contributed by atoms with E-state index in [9.17, 15) is 30.1 Å². The Balaban J connectivity index is 1.73. The van der Waals surface area contributed by atoms with Crippen molar-refractivity contribution < 1.29 is 19.7 Å². The molecule has 4 rings (SSSR count). The fourth-order valence-electron chi connectivity index (χ4n) is 4.39. The number of halogens is 1. The number of nitro benzene ring substituents is 2. The van der Waals surface area contributed by atoms with Crippen molar-refractivity contribution in [1.29, 1.82) is 0 Å². The first-order valence-electron chi connectivity index (χ1n) is 9.10. The molecule has 1 fully saturated rings. The standard InChI is InChI=1S/C19H16ClN3O6S/c20-16-14(30-13-7-2-1-5-11(13)22(26)27)8-10-15(16)9-4-3-6-12(23(28)29)17(9)21-18(10)19(24)25/h1-7,10,14-16,18,21H,8H2,(H,24,25)/t10-,14+,15-,16+,18+/m0/s1. The van der Waals surface area contributed by atoms with Crippen molar-refractivity contribution in [2.24, 2.45) is 5.92 Å². The second-order valence-corrected chi connectivity index (χ2v) is 8.99. The number of nitrogens with zero attached hydrogens (tertiary/aromatic N) is 2. The largest absolute Gasteiger partial charge is 0.480 e. The highest BCUT2D eigenvalue weighted by atomic mass is 35.5. The van der Waals surface area contributed by atoms with Gasteiger partial charge in [0.15, 0.2) is 0 Å². The third kappa shape index (κ3) is 3.35. The van der Waals surface area contributed by atoms with Gasteiger partial charge in [-0.3, -0.25) is 20.2 Å². The van der Waals surface area contributed by atoms with E-state index < -0.39 is 39.1 Å². The van der Waals surface area contributed by atoms with E-state index in [0.717, 1.165) is 0 Å². The van der Waals surface area contributed by atoms with Gasteiger partial charge in [0, 0.05) is 23.3 Å². The van der Waals surface area contributed by atoms with Crippen LogP contribution in [0.3, 0.4) is 0 Å². The van der Waals surface area contributed by atoms with Gasteiger partial charge in [0.1, 0.15) is 11.7 Å². The van der Waals surface area contributed by atoms with Crippen molar-refractivity contribution in [2.75, 3.05) is 5.32 Å². The third-order valence-electron chi connectivity index (χ3n) is 5.63. The topological polar surface area (TPSA) is 136 Å². The molecule has 0 radical (unpaired) electrons. The predicted octanol–water partition coefficient (Wildman–Crippen LogP) is 4.25. The maximum Gasteiger partial charge on any atom is 0.326 e. The Labute approximate surface area is 179 Å². The second-order valence-electron chi connectivity index (χ2n) is 7.21. The van der Waals surface area contributed by atoms with Gasteiger partial charge in [-0.2, -0.15) is 0 Å². The number of fused-ring (bicyclic) bond motifs is 3. The lowest BCUT2D eigenvalue weighted by atomic mass is 9.79. The van der Waals surface area contributed by atoms with Gasteiger partial charge >= 0.3 is 5.97 Å². The summed E-state index contributed by atoms with van der Waals surface area (Å²) in [5.41, 5.74) is 0.552. The highest BCUT2D eigenvalue weighted by Crippen LogP contribution is 2.56. The highest BCUT2D eigenvalue weighted by molar-refractivity contribution is 8.00. The fraction of sp³-hybridized carbons (Fsp3) is 0.316. The van der Waals surface area contributed by atoms with Gasteiger partial charge in [-0.15, -0.1) is 23.4 Å². The van der Waals surface area contributed by atoms with Crippen LogP contribution < -0.4 is 5.32 Å². The quantitative estimate of drug-likeness (QED) is 0.392. The van der Waals surface area contributed by atoms with Gasteiger partial charge in [-0.05, 0) is 24.0 Å². The zero-order valence-corrected chi connectivity index (χ0v) is 16.9. The van der Waals surface area contributed by atoms with Crippen LogP contribution in [-0.2, 0) is 4.79 Å². The number of carboxylic acid groups (broad SMARTS) is 1. The van der Waals surface area contributed by atoms with Crippen LogP contribution >= 0.6 is 23.4 Å². The highest BCUT2D eigenvalue weighted by Gasteiger charge is 2.53. The SMILES string of the molecule is O=C(O)[C@@H]1Nc2c(cccc2[N+](=O)[O-])[C@@H]2[C@H](Cl)[C@H](Sc3ccccc3[N+](=O)[O-])C[C@@H]21. The molecular weight excluding hydrogens is 434 g/mol. The first-order chi connectivity index (χ1) is 14.3. The van der Waals surface area contributed by atoms with Crippen LogP contribution in [0.1, 0.15) is 17.9 Å². The Hall–Kier alpha value is -2.85. The number of nitro groups is 2. The first-order valence-corrected chi connectivity index (χ1v) is 10.4. The molecule has 0 spiro atoms. The zero-order valence-electron chi connectivity index (χ0n) is 15.3. The fourth-order valence-corrected chi connectivity index (χ4v) is 6.34. The minimum absolute atomic E-state index is 0.0369. The molecule has 0 amide bonds. The maximum absolute atomic E-state index is 11.9. The number of hydrogen-bond acceptors (Lipinski definition) is 7. The van der Waals surface area contributed by atoms with Crippen molar-refractivity contribution in [3.05, 3.63) is 68.3 Å². The molecule has 0 aromatic heterocycles. The molecule has 5 atom stereocenters. The van der Waals surface area contributed by atoms with Gasteiger partial charge in [0.05, 0.1) is 20.1 Å². The lowest BCUT2D eigenvalue weighted by Gasteiger charge is -2.35. The summed E-state index contributed by atoms with van der Waals surface area (Å²) < 4.78 is 0. The number of hydrogen-bond donors (Lipinski definition) is 2. The number of thioether (sulfide) groups is 1. The molecule has 1 aliphatic heterocycles. The molecule has 2 aliphatic rings. The van der Waals surface area contributed by atoms with E-state index in [1.54, 1.807) is 30.3 Å². The summed E-state index contributed by atoms with van der Waals surface area (Å²) in [7, 11) is 0. The van der Waals surface area contributed by atoms with Crippen LogP contribution in [-0.4, -0.2) is 37.6 Å². The molecule has 156 valence electrons. The zero-order chi connectivity index (χ0) is 21.6. The summed E-state index contributed by atoms with van der Waals surface area (Å²) in [5, 5.41) is 34.5. The molecule has 0 bridgehead atoms. The summed E-state index contributed by atoms with van der Waals surface area (Å²) in [6.45, 7) is 0. The van der Waals surface area contributed by atoms with Crippen LogP contribution in [0.2, 0.25) is 0 Å². The van der Waals surface area contributed by atoms with E-state index in [4.69, 9.17) is 11.6 Å². The van der Waals surface area contributed by atoms with E-state index in [2.05, 4.69) is 5.32 Å². The molecule has 2 N–H and O–H groups in total. The van der Waals surface area contributed by atoms with Gasteiger partial charge in [0.2, 0.25) is 0 Å². The smallest absolute Gasteiger partial charge is 0.326 e. The Bertz CT molecular complexity index is 1050. The molecule has 1 saturated carbocycles. The molecule has 11 heteroatoms. The molecule has 2 aromatic rings. The lowest BCUT2D eigenvalue weighted by Crippen LogP contribution is -2.42. The monoisotopic (exact) mass is 449 g/mol. The molecular formula is C19H16ClN3O6S. The number of anilines is 1. The summed E-state index contributed by atoms with van der Waals surface area (Å²) in [6, 6.07) is 9.88. The van der Waals surface area contributed by atoms with Gasteiger partial charge in [-0.1, -0.05) is 24.3 Å². The van der Waals surface area contributed by atoms with Crippen molar-refractivity contribution in [1.82, 2.24) is 0 Å². The summed E-state index contributed by atoms with van der Waals surface area (Å²) in [5.74, 6) is -1.95. The Kier molecular flexibility index (Phi) is 5.29. The average Bonchev–Trinajstić information content (AvgIpc) is 3.03. The molecule has 30 heavy (non-hydrogen) atoms. The predicted molar refractivity (Wildman–Crippen MR) is 111 cm³/mol. The number of alkyl halides is 1. The Morgan fingerprint density at radius 2 is 1.77 bits per heavy atom. The normalized spacial score (nSPS) is 26.9. The third-order valence-corrected chi connectivity index (χ3v) is 7.74. The van der Waals surface area contributed by atoms with E-state index in [1.807, 2.05) is 0 Å². The van der Waals surface area contributed by atoms with Crippen molar-refractivity contribution in [2.45, 2.75) is 33.9 Å². The number of aliphatic carboxylic acids is 1. The second kappa shape index (κ2) is 7.77. The minimum Gasteiger partial charge on any atom is -0.480 e. The van der Waals surface area contributed by atoms with Crippen molar-refractivity contribution in [3.8, 4) is 0 Å². The summed E-state index contributed by atoms with van der Waals surface area (Å²) >= 11 is 8.03. The number of carboxylic acids is 1. The molecule has 1 aliphatic carbocycles. The minimum atomic E-state index is -1.12. The van der Waals surface area contributed by atoms with Crippen LogP contribution in [0, 0.1) is 26.1 Å². The van der Waals surface area contributed by atoms with Crippen LogP contribution in [0.15, 0.2) is 47.4 Å². The number of rotatable bonds is 5. The van der Waals surface area contributed by atoms with E-state index in [0.29, 0.717) is 16.9 Å². The Morgan fingerprint density at radius 3 is 2.43 bits per heavy atom. The summed E-state index contributed by atoms with van der Waals surface area (Å²) in [4.78, 5) is 34.2. The molecule has 0 saturated heterocycles. The number of nitrogens with one attached hydrogen (secondary N) is 1. The maximum atomic E-state index is 11.9. The molecule has 9 nitrogen and oxygen atoms in total. The molecule has 2 aromatic carbocycles. The van der Waals surface area contributed by atoms with Gasteiger partial charge in [-0.25, -0.2) is 4.79 Å². The van der Waals surface area contributed by atoms with E-state index >= 15 is 0 Å². The van der Waals surface area contributed by atoms with Gasteiger partial charge in [0.25, 0.3) is 11.4 Å². The van der Waals surface area contributed by atoms with Crippen molar-refractivity contribution >= 4 is 46.4 Å². The van der Waals surface area contributed by atoms with Crippen molar-refractivity contribution in [3.63, 3.8) is 0 Å². The van der Waals surface area contributed by atoms with Crippen LogP contribution in [0.25, 0.3) is 0 Å². The number of carbonyl (C=O) groups is 1. The first kappa shape index (κ1) is 20.4. The van der Waals surface area contributed by atoms with E-state index in [-0.39, 0.29) is 22.3 Å². The average molecular weight is 450 g/mol. The van der Waals surface area contributed by atoms with Crippen LogP contribution in [0.5, 0.6) is 0 Å². The van der Waals surface area contributed by atoms with E-state index in [1.165, 1.54) is 23.9 Å². The summed E-state index contributed by atoms with van der Waals surface area (Å²) in [6.07, 6.45) is 0.404. The molecule has 1 heterocycles. The Morgan fingerprint density at radius 1 is 1.10 bits per heavy atom. The van der Waals surface area contributed by atoms with Crippen LogP contribution in [0.4, 0.5) is 17.1 Å². The number of para-hydroxylation sites is 2. The number of benzene rings is 2. The molecule has 0 unspecified atom stereocenters. The van der Waals surface area contributed by atoms with Gasteiger partial charge < -0.3 is 10.4 Å². The lowest BCUT2D eigenvalue weighted by molar-refractivity contribution is -0.387.